The predicted molar refractivity (Wildman–Crippen MR) is 182 cm³/mol. The molecule has 4 aliphatic heterocycles. The van der Waals surface area contributed by atoms with Gasteiger partial charge in [0.15, 0.2) is 0 Å². The maximum absolute atomic E-state index is 13.5. The summed E-state index contributed by atoms with van der Waals surface area (Å²) >= 11 is 0. The second kappa shape index (κ2) is 15.9. The van der Waals surface area contributed by atoms with Crippen LogP contribution in [0.25, 0.3) is 0 Å². The molecule has 1 saturated carbocycles. The Kier molecular flexibility index (Phi) is 11.7. The van der Waals surface area contributed by atoms with Gasteiger partial charge in [-0.1, -0.05) is 56.4 Å². The molecule has 1 aromatic carbocycles. The highest BCUT2D eigenvalue weighted by Gasteiger charge is 2.46. The van der Waals surface area contributed by atoms with Crippen LogP contribution in [0, 0.1) is 6.92 Å². The van der Waals surface area contributed by atoms with E-state index in [2.05, 4.69) is 69.6 Å². The van der Waals surface area contributed by atoms with Gasteiger partial charge in [-0.15, -0.1) is 0 Å². The summed E-state index contributed by atoms with van der Waals surface area (Å²) < 4.78 is 2.63. The largest absolute Gasteiger partial charge is 0.329 e. The zero-order valence-electron chi connectivity index (χ0n) is 27.8. The monoisotopic (exact) mass is 600 g/mol. The first-order valence-corrected chi connectivity index (χ1v) is 17.6. The molecule has 3 atom stereocenters. The number of rotatable bonds is 10. The van der Waals surface area contributed by atoms with E-state index in [-0.39, 0.29) is 6.03 Å². The first-order valence-electron chi connectivity index (χ1n) is 17.6. The van der Waals surface area contributed by atoms with E-state index in [1.807, 2.05) is 36.9 Å². The highest BCUT2D eigenvalue weighted by Crippen LogP contribution is 2.44. The summed E-state index contributed by atoms with van der Waals surface area (Å²) in [6.07, 6.45) is 19.1. The van der Waals surface area contributed by atoms with Gasteiger partial charge in [-0.25, -0.2) is 9.78 Å². The Balaban J connectivity index is 0.00000188. The van der Waals surface area contributed by atoms with Gasteiger partial charge in [0.2, 0.25) is 0 Å². The van der Waals surface area contributed by atoms with Gasteiger partial charge in [-0.2, -0.15) is 0 Å². The molecule has 0 N–H and O–H groups in total. The second-order valence-corrected chi connectivity index (χ2v) is 12.8. The maximum Gasteiger partial charge on any atom is 0.324 e. The van der Waals surface area contributed by atoms with Crippen molar-refractivity contribution in [1.29, 1.82) is 0 Å². The van der Waals surface area contributed by atoms with Crippen molar-refractivity contribution in [2.24, 2.45) is 0 Å². The highest BCUT2D eigenvalue weighted by atomic mass is 16.2. The minimum atomic E-state index is 0.189. The molecule has 4 fully saturated rings. The third-order valence-corrected chi connectivity index (χ3v) is 10.0. The number of hydrogen-bond acceptors (Lipinski definition) is 4. The van der Waals surface area contributed by atoms with E-state index in [0.717, 1.165) is 83.6 Å². The van der Waals surface area contributed by atoms with Crippen LogP contribution in [-0.2, 0) is 13.0 Å². The quantitative estimate of drug-likeness (QED) is 0.267. The Hall–Kier alpha value is -2.90. The Morgan fingerprint density at radius 1 is 0.955 bits per heavy atom. The third kappa shape index (κ3) is 7.48. The van der Waals surface area contributed by atoms with E-state index in [0.29, 0.717) is 18.1 Å². The van der Waals surface area contributed by atoms with Gasteiger partial charge >= 0.3 is 6.03 Å². The number of nitrogens with zero attached hydrogens (tertiary/aromatic N) is 6. The van der Waals surface area contributed by atoms with Crippen LogP contribution in [0.2, 0.25) is 0 Å². The van der Waals surface area contributed by atoms with E-state index in [9.17, 15) is 4.79 Å². The van der Waals surface area contributed by atoms with Crippen LogP contribution in [-0.4, -0.2) is 81.6 Å². The fraction of sp³-hybridized carbons (Fsp3) is 0.622. The molecule has 44 heavy (non-hydrogen) atoms. The van der Waals surface area contributed by atoms with Crippen molar-refractivity contribution < 1.29 is 4.79 Å². The number of aromatic nitrogens is 2. The number of benzene rings is 1. The number of piperidine rings is 2. The third-order valence-electron chi connectivity index (χ3n) is 10.0. The molecule has 0 spiro atoms. The number of anilines is 1. The van der Waals surface area contributed by atoms with Crippen LogP contribution in [0.5, 0.6) is 0 Å². The van der Waals surface area contributed by atoms with Crippen molar-refractivity contribution >= 4 is 11.7 Å². The molecule has 3 saturated heterocycles. The Labute approximate surface area is 266 Å². The van der Waals surface area contributed by atoms with Crippen molar-refractivity contribution in [2.75, 3.05) is 44.2 Å². The molecule has 7 heteroatoms. The molecule has 7 rings (SSSR count). The number of para-hydroxylation sites is 1. The van der Waals surface area contributed by atoms with Crippen molar-refractivity contribution in [2.45, 2.75) is 110 Å². The molecule has 2 aromatic rings. The van der Waals surface area contributed by atoms with Gasteiger partial charge in [0.1, 0.15) is 5.82 Å². The number of aryl methyl sites for hydroxylation is 1. The van der Waals surface area contributed by atoms with Gasteiger partial charge in [0.05, 0.1) is 5.69 Å². The number of fused-ring (bicyclic) bond motifs is 3. The minimum Gasteiger partial charge on any atom is -0.329 e. The normalized spacial score (nSPS) is 23.7. The topological polar surface area (TPSA) is 47.9 Å². The zero-order valence-corrected chi connectivity index (χ0v) is 27.8. The lowest BCUT2D eigenvalue weighted by atomic mass is 9.76. The minimum absolute atomic E-state index is 0.189. The first-order chi connectivity index (χ1) is 21.6. The average Bonchev–Trinajstić information content (AvgIpc) is 3.41. The summed E-state index contributed by atoms with van der Waals surface area (Å²) in [6, 6.07) is 12.4. The maximum atomic E-state index is 13.5. The van der Waals surface area contributed by atoms with Crippen LogP contribution in [0.3, 0.4) is 0 Å². The molecule has 2 unspecified atom stereocenters. The van der Waals surface area contributed by atoms with E-state index in [1.54, 1.807) is 0 Å². The average molecular weight is 601 g/mol. The fourth-order valence-corrected chi connectivity index (χ4v) is 7.93. The summed E-state index contributed by atoms with van der Waals surface area (Å²) in [5.41, 5.74) is 3.84. The van der Waals surface area contributed by atoms with Gasteiger partial charge in [-0.3, -0.25) is 14.7 Å². The summed E-state index contributed by atoms with van der Waals surface area (Å²) in [7, 11) is 0. The van der Waals surface area contributed by atoms with Crippen LogP contribution >= 0.6 is 0 Å². The van der Waals surface area contributed by atoms with E-state index in [1.165, 1.54) is 42.9 Å². The van der Waals surface area contributed by atoms with Gasteiger partial charge < -0.3 is 9.47 Å². The van der Waals surface area contributed by atoms with Crippen LogP contribution in [0.15, 0.2) is 54.6 Å². The molecular weight excluding hydrogens is 544 g/mol. The first kappa shape index (κ1) is 32.5. The van der Waals surface area contributed by atoms with Crippen LogP contribution in [0.1, 0.15) is 95.4 Å². The summed E-state index contributed by atoms with van der Waals surface area (Å²) in [5.74, 6) is 1.21. The lowest BCUT2D eigenvalue weighted by molar-refractivity contribution is -0.0489. The Morgan fingerprint density at radius 2 is 1.68 bits per heavy atom. The van der Waals surface area contributed by atoms with Gasteiger partial charge in [-0.05, 0) is 77.3 Å². The Bertz CT molecular complexity index is 1230. The van der Waals surface area contributed by atoms with E-state index in [4.69, 9.17) is 4.98 Å². The van der Waals surface area contributed by atoms with Crippen molar-refractivity contribution in [1.82, 2.24) is 24.3 Å². The predicted octanol–water partition coefficient (Wildman–Crippen LogP) is 7.38. The van der Waals surface area contributed by atoms with Gasteiger partial charge in [0.25, 0.3) is 0 Å². The number of carbonyl (C=O) groups is 1. The summed E-state index contributed by atoms with van der Waals surface area (Å²) in [4.78, 5) is 28.0. The Morgan fingerprint density at radius 3 is 2.41 bits per heavy atom. The molecule has 2 bridgehead atoms. The lowest BCUT2D eigenvalue weighted by Crippen LogP contribution is -2.61. The number of hydrogen-bond donors (Lipinski definition) is 0. The smallest absolute Gasteiger partial charge is 0.324 e. The number of imidazole rings is 1. The molecule has 7 nitrogen and oxygen atoms in total. The highest BCUT2D eigenvalue weighted by molar-refractivity contribution is 5.92. The summed E-state index contributed by atoms with van der Waals surface area (Å²) in [6.45, 7) is 15.2. The van der Waals surface area contributed by atoms with Crippen molar-refractivity contribution in [3.8, 4) is 0 Å². The molecule has 2 amide bonds. The van der Waals surface area contributed by atoms with E-state index < -0.39 is 0 Å². The number of urea groups is 1. The number of allylic oxidation sites excluding steroid dienone is 3. The standard InChI is InChI=1S/C35H50N6O.C2H6/c1-3-4-5-6-11-18-37-23-17-34-33(27-37)36-28(2)41(34)32-25-30-24-31(26-32)39(30)21-14-22-40(29-15-9-7-10-16-29)35(42)38-19-12-8-13-20-38;1-2/h3-7,9-10,15-16,30-32H,8,11-14,17-27H2,1-2H3;1-2H3/b4-3-,6-5-;/t30-,31?,32?;/m0./s1. The zero-order chi connectivity index (χ0) is 30.9. The summed E-state index contributed by atoms with van der Waals surface area (Å²) in [5, 5.41) is 0. The molecule has 0 radical (unpaired) electrons. The molecule has 1 aliphatic carbocycles. The SMILES string of the molecule is C/C=C\C=C/CCN1CCc2c(nc(C)n2C2CC3C[C@@H](C2)N3CCCN(C(=O)N2CCCCC2)c2ccccc2)C1.CC. The van der Waals surface area contributed by atoms with E-state index >= 15 is 0 Å². The molecular formula is C37H56N6O. The number of amides is 2. The number of likely N-dealkylation sites (tertiary alicyclic amines) is 1. The molecule has 240 valence electrons. The molecule has 5 heterocycles. The number of carbonyl (C=O) groups excluding carboxylic acids is 1. The molecule has 1 aromatic heterocycles. The molecule has 5 aliphatic rings. The van der Waals surface area contributed by atoms with Crippen molar-refractivity contribution in [3.63, 3.8) is 0 Å². The fourth-order valence-electron chi connectivity index (χ4n) is 7.93. The second-order valence-electron chi connectivity index (χ2n) is 12.8. The van der Waals surface area contributed by atoms with Crippen molar-refractivity contribution in [3.05, 3.63) is 71.8 Å². The van der Waals surface area contributed by atoms with Crippen LogP contribution in [0.4, 0.5) is 10.5 Å². The lowest BCUT2D eigenvalue weighted by Gasteiger charge is -2.56. The van der Waals surface area contributed by atoms with Crippen LogP contribution < -0.4 is 4.90 Å². The van der Waals surface area contributed by atoms with Gasteiger partial charge in [0, 0.05) is 81.7 Å².